The Morgan fingerprint density at radius 1 is 1.08 bits per heavy atom. The Kier molecular flexibility index (Phi) is 6.58. The molecule has 1 aromatic carbocycles. The first-order valence-corrected chi connectivity index (χ1v) is 8.74. The molecule has 6 nitrogen and oxygen atoms in total. The molecule has 7 heteroatoms. The molecule has 0 fully saturated rings. The summed E-state index contributed by atoms with van der Waals surface area (Å²) in [7, 11) is 0. The van der Waals surface area contributed by atoms with E-state index in [1.807, 2.05) is 39.8 Å². The van der Waals surface area contributed by atoms with Crippen LogP contribution in [0, 0.1) is 6.92 Å². The zero-order chi connectivity index (χ0) is 19.3. The fourth-order valence-corrected chi connectivity index (χ4v) is 2.45. The lowest BCUT2D eigenvalue weighted by atomic mass is 10.1. The molecule has 1 heterocycles. The van der Waals surface area contributed by atoms with Crippen LogP contribution in [-0.4, -0.2) is 23.0 Å². The predicted molar refractivity (Wildman–Crippen MR) is 104 cm³/mol. The number of aryl methyl sites for hydroxylation is 1. The van der Waals surface area contributed by atoms with E-state index >= 15 is 0 Å². The number of aromatic nitrogens is 1. The van der Waals surface area contributed by atoms with Gasteiger partial charge >= 0.3 is 6.03 Å². The summed E-state index contributed by atoms with van der Waals surface area (Å²) in [6.07, 6.45) is 1.73. The number of hydrogen-bond acceptors (Lipinski definition) is 3. The molecule has 0 saturated carbocycles. The fraction of sp³-hybridized carbons (Fsp3) is 0.316. The van der Waals surface area contributed by atoms with Crippen molar-refractivity contribution in [3.63, 3.8) is 0 Å². The van der Waals surface area contributed by atoms with Crippen molar-refractivity contribution in [3.8, 4) is 0 Å². The van der Waals surface area contributed by atoms with Gasteiger partial charge in [-0.1, -0.05) is 17.7 Å². The maximum absolute atomic E-state index is 12.3. The number of carbonyl (C=O) groups excluding carboxylic acids is 2. The first kappa shape index (κ1) is 19.7. The van der Waals surface area contributed by atoms with Crippen molar-refractivity contribution in [1.29, 1.82) is 0 Å². The van der Waals surface area contributed by atoms with Crippen LogP contribution in [0.15, 0.2) is 36.5 Å². The number of nitrogens with one attached hydrogen (secondary N) is 3. The van der Waals surface area contributed by atoms with Crippen LogP contribution in [0.4, 0.5) is 10.5 Å². The van der Waals surface area contributed by atoms with E-state index in [1.165, 1.54) is 0 Å². The topological polar surface area (TPSA) is 83.1 Å². The van der Waals surface area contributed by atoms with Gasteiger partial charge < -0.3 is 16.0 Å². The second-order valence-electron chi connectivity index (χ2n) is 6.38. The monoisotopic (exact) mass is 374 g/mol. The minimum atomic E-state index is -0.415. The molecule has 0 unspecified atom stereocenters. The average molecular weight is 375 g/mol. The minimum absolute atomic E-state index is 0.0156. The van der Waals surface area contributed by atoms with Gasteiger partial charge in [-0.2, -0.15) is 0 Å². The number of carbonyl (C=O) groups is 2. The van der Waals surface area contributed by atoms with Gasteiger partial charge in [0.1, 0.15) is 0 Å². The molecule has 26 heavy (non-hydrogen) atoms. The van der Waals surface area contributed by atoms with Gasteiger partial charge in [-0.3, -0.25) is 9.78 Å². The van der Waals surface area contributed by atoms with Crippen LogP contribution in [0.1, 0.15) is 48.4 Å². The van der Waals surface area contributed by atoms with Crippen LogP contribution in [0.3, 0.4) is 0 Å². The highest BCUT2D eigenvalue weighted by molar-refractivity contribution is 6.33. The second-order valence-corrected chi connectivity index (χ2v) is 6.78. The van der Waals surface area contributed by atoms with Crippen LogP contribution >= 0.6 is 11.6 Å². The molecule has 0 aliphatic rings. The smallest absolute Gasteiger partial charge is 0.319 e. The average Bonchev–Trinajstić information content (AvgIpc) is 2.56. The Labute approximate surface area is 158 Å². The highest BCUT2D eigenvalue weighted by Gasteiger charge is 2.14. The predicted octanol–water partition coefficient (Wildman–Crippen LogP) is 4.06. The number of rotatable bonds is 5. The van der Waals surface area contributed by atoms with Gasteiger partial charge in [-0.05, 0) is 57.5 Å². The normalized spacial score (nSPS) is 11.8. The largest absolute Gasteiger partial charge is 0.350 e. The van der Waals surface area contributed by atoms with Crippen LogP contribution in [0.2, 0.25) is 5.02 Å². The van der Waals surface area contributed by atoms with Gasteiger partial charge in [-0.25, -0.2) is 4.79 Å². The molecule has 0 saturated heterocycles. The van der Waals surface area contributed by atoms with E-state index in [1.54, 1.807) is 24.4 Å². The fourth-order valence-electron chi connectivity index (χ4n) is 2.28. The number of pyridine rings is 1. The van der Waals surface area contributed by atoms with Gasteiger partial charge in [0, 0.05) is 23.5 Å². The Hall–Kier alpha value is -2.60. The lowest BCUT2D eigenvalue weighted by Gasteiger charge is -2.16. The minimum Gasteiger partial charge on any atom is -0.350 e. The zero-order valence-corrected chi connectivity index (χ0v) is 16.0. The lowest BCUT2D eigenvalue weighted by Crippen LogP contribution is -2.32. The van der Waals surface area contributed by atoms with Crippen LogP contribution in [0.5, 0.6) is 0 Å². The molecule has 3 amide bonds. The first-order chi connectivity index (χ1) is 12.3. The van der Waals surface area contributed by atoms with E-state index in [0.717, 1.165) is 11.3 Å². The number of anilines is 1. The number of urea groups is 1. The maximum atomic E-state index is 12.3. The molecule has 2 aromatic rings. The van der Waals surface area contributed by atoms with Crippen molar-refractivity contribution in [3.05, 3.63) is 58.4 Å². The van der Waals surface area contributed by atoms with Gasteiger partial charge in [-0.15, -0.1) is 0 Å². The summed E-state index contributed by atoms with van der Waals surface area (Å²) in [5.41, 5.74) is 2.60. The summed E-state index contributed by atoms with van der Waals surface area (Å²) in [4.78, 5) is 28.6. The third-order valence-corrected chi connectivity index (χ3v) is 4.01. The molecule has 0 bridgehead atoms. The molecule has 0 radical (unpaired) electrons. The Balaban J connectivity index is 2.06. The highest BCUT2D eigenvalue weighted by atomic mass is 35.5. The summed E-state index contributed by atoms with van der Waals surface area (Å²) < 4.78 is 0. The summed E-state index contributed by atoms with van der Waals surface area (Å²) in [5.74, 6) is -0.223. The third-order valence-electron chi connectivity index (χ3n) is 3.68. The molecule has 0 aliphatic carbocycles. The van der Waals surface area contributed by atoms with Crippen molar-refractivity contribution in [2.75, 3.05) is 5.32 Å². The number of benzene rings is 1. The maximum Gasteiger partial charge on any atom is 0.319 e. The third kappa shape index (κ3) is 5.46. The summed E-state index contributed by atoms with van der Waals surface area (Å²) in [5, 5.41) is 8.66. The van der Waals surface area contributed by atoms with E-state index in [9.17, 15) is 9.59 Å². The van der Waals surface area contributed by atoms with E-state index in [4.69, 9.17) is 11.6 Å². The summed E-state index contributed by atoms with van der Waals surface area (Å²) in [6, 6.07) is 7.93. The highest BCUT2D eigenvalue weighted by Crippen LogP contribution is 2.23. The molecule has 2 rings (SSSR count). The molecular weight excluding hydrogens is 352 g/mol. The number of amides is 3. The van der Waals surface area contributed by atoms with Gasteiger partial charge in [0.15, 0.2) is 0 Å². The van der Waals surface area contributed by atoms with E-state index < -0.39 is 6.03 Å². The molecule has 1 aromatic heterocycles. The standard InChI is InChI=1S/C19H23ClN4O2/c1-11(2)22-18(25)14-7-8-16(20)17(9-14)24-19(26)23-13(4)15-6-5-12(3)21-10-15/h5-11,13H,1-4H3,(H,22,25)(H2,23,24,26)/t13-/m1/s1. The molecular formula is C19H23ClN4O2. The SMILES string of the molecule is Cc1ccc([C@@H](C)NC(=O)Nc2cc(C(=O)NC(C)C)ccc2Cl)cn1. The molecule has 138 valence electrons. The zero-order valence-electron chi connectivity index (χ0n) is 15.3. The van der Waals surface area contributed by atoms with Gasteiger partial charge in [0.2, 0.25) is 0 Å². The Morgan fingerprint density at radius 2 is 1.81 bits per heavy atom. The van der Waals surface area contributed by atoms with Gasteiger partial charge in [0.25, 0.3) is 5.91 Å². The second kappa shape index (κ2) is 8.67. The van der Waals surface area contributed by atoms with E-state index in [-0.39, 0.29) is 18.0 Å². The van der Waals surface area contributed by atoms with Crippen molar-refractivity contribution in [1.82, 2.24) is 15.6 Å². The molecule has 0 aliphatic heterocycles. The van der Waals surface area contributed by atoms with Crippen molar-refractivity contribution >= 4 is 29.2 Å². The van der Waals surface area contributed by atoms with Crippen molar-refractivity contribution in [2.45, 2.75) is 39.8 Å². The van der Waals surface area contributed by atoms with Crippen molar-refractivity contribution < 1.29 is 9.59 Å². The summed E-state index contributed by atoms with van der Waals surface area (Å²) in [6.45, 7) is 7.52. The van der Waals surface area contributed by atoms with E-state index in [2.05, 4.69) is 20.9 Å². The Bertz CT molecular complexity index is 791. The number of hydrogen-bond donors (Lipinski definition) is 3. The van der Waals surface area contributed by atoms with Crippen LogP contribution in [0.25, 0.3) is 0 Å². The Morgan fingerprint density at radius 3 is 2.42 bits per heavy atom. The molecule has 1 atom stereocenters. The van der Waals surface area contributed by atoms with Gasteiger partial charge in [0.05, 0.1) is 16.8 Å². The number of halogens is 1. The summed E-state index contributed by atoms with van der Waals surface area (Å²) >= 11 is 6.14. The van der Waals surface area contributed by atoms with Crippen LogP contribution in [-0.2, 0) is 0 Å². The van der Waals surface area contributed by atoms with Crippen LogP contribution < -0.4 is 16.0 Å². The van der Waals surface area contributed by atoms with E-state index in [0.29, 0.717) is 16.3 Å². The molecule has 3 N–H and O–H groups in total. The van der Waals surface area contributed by atoms with Crippen molar-refractivity contribution in [2.24, 2.45) is 0 Å². The molecule has 0 spiro atoms. The number of nitrogens with zero attached hydrogens (tertiary/aromatic N) is 1. The lowest BCUT2D eigenvalue weighted by molar-refractivity contribution is 0.0943. The first-order valence-electron chi connectivity index (χ1n) is 8.36. The quantitative estimate of drug-likeness (QED) is 0.737.